The number of ether oxygens (including phenoxy) is 1. The quantitative estimate of drug-likeness (QED) is 0.513. The lowest BCUT2D eigenvalue weighted by Crippen LogP contribution is -2.15. The molecule has 3 aromatic rings. The maximum Gasteiger partial charge on any atom is 0.342 e. The number of aryl methyl sites for hydroxylation is 1. The molecule has 2 aromatic carbocycles. The second-order valence-electron chi connectivity index (χ2n) is 6.55. The Hall–Kier alpha value is -3.74. The maximum atomic E-state index is 12.6. The second-order valence-corrected chi connectivity index (χ2v) is 6.55. The molecule has 1 N–H and O–H groups in total. The van der Waals surface area contributed by atoms with Gasteiger partial charge >= 0.3 is 5.97 Å². The third-order valence-corrected chi connectivity index (χ3v) is 4.36. The summed E-state index contributed by atoms with van der Waals surface area (Å²) in [6, 6.07) is 15.9. The zero-order valence-electron chi connectivity index (χ0n) is 16.4. The molecular formula is C22H21N3O4. The minimum Gasteiger partial charge on any atom is -0.454 e. The van der Waals surface area contributed by atoms with Crippen molar-refractivity contribution in [2.45, 2.75) is 20.8 Å². The van der Waals surface area contributed by atoms with Crippen LogP contribution in [-0.2, 0) is 9.53 Å². The molecule has 0 spiro atoms. The smallest absolute Gasteiger partial charge is 0.342 e. The fourth-order valence-electron chi connectivity index (χ4n) is 2.99. The predicted molar refractivity (Wildman–Crippen MR) is 108 cm³/mol. The minimum absolute atomic E-state index is 0.195. The standard InChI is InChI=1S/C22H21N3O4/c1-14-21(15(2)25(24-14)19-7-5-4-6-8-19)22(28)29-13-20(27)17-9-11-18(12-10-17)23-16(3)26/h4-12H,13H2,1-3H3,(H,23,26). The summed E-state index contributed by atoms with van der Waals surface area (Å²) >= 11 is 0. The van der Waals surface area contributed by atoms with Crippen LogP contribution in [0.15, 0.2) is 54.6 Å². The predicted octanol–water partition coefficient (Wildman–Crippen LogP) is 3.49. The second kappa shape index (κ2) is 8.52. The number of benzene rings is 2. The van der Waals surface area contributed by atoms with Gasteiger partial charge in [-0.2, -0.15) is 5.10 Å². The Kier molecular flexibility index (Phi) is 5.87. The summed E-state index contributed by atoms with van der Waals surface area (Å²) in [7, 11) is 0. The summed E-state index contributed by atoms with van der Waals surface area (Å²) in [5.41, 5.74) is 3.34. The molecule has 0 aliphatic rings. The van der Waals surface area contributed by atoms with E-state index in [4.69, 9.17) is 4.74 Å². The van der Waals surface area contributed by atoms with Gasteiger partial charge < -0.3 is 10.1 Å². The number of anilines is 1. The van der Waals surface area contributed by atoms with Crippen molar-refractivity contribution >= 4 is 23.3 Å². The van der Waals surface area contributed by atoms with Gasteiger partial charge in [-0.25, -0.2) is 9.48 Å². The van der Waals surface area contributed by atoms with Crippen LogP contribution < -0.4 is 5.32 Å². The lowest BCUT2D eigenvalue weighted by molar-refractivity contribution is -0.114. The lowest BCUT2D eigenvalue weighted by Gasteiger charge is -2.07. The lowest BCUT2D eigenvalue weighted by atomic mass is 10.1. The Balaban J connectivity index is 1.69. The van der Waals surface area contributed by atoms with Crippen molar-refractivity contribution < 1.29 is 19.1 Å². The molecule has 0 fully saturated rings. The molecular weight excluding hydrogens is 370 g/mol. The van der Waals surface area contributed by atoms with E-state index in [1.54, 1.807) is 42.8 Å². The number of hydrogen-bond donors (Lipinski definition) is 1. The van der Waals surface area contributed by atoms with Crippen LogP contribution in [0.3, 0.4) is 0 Å². The SMILES string of the molecule is CC(=O)Nc1ccc(C(=O)COC(=O)c2c(C)nn(-c3ccccc3)c2C)cc1. The summed E-state index contributed by atoms with van der Waals surface area (Å²) in [6.07, 6.45) is 0. The van der Waals surface area contributed by atoms with E-state index in [0.717, 1.165) is 5.69 Å². The van der Waals surface area contributed by atoms with Crippen molar-refractivity contribution in [2.75, 3.05) is 11.9 Å². The molecule has 7 heteroatoms. The Morgan fingerprint density at radius 1 is 1.00 bits per heavy atom. The van der Waals surface area contributed by atoms with Crippen LogP contribution in [0.1, 0.15) is 39.0 Å². The molecule has 148 valence electrons. The first kappa shape index (κ1) is 20.0. The van der Waals surface area contributed by atoms with Gasteiger partial charge in [-0.15, -0.1) is 0 Å². The first-order valence-corrected chi connectivity index (χ1v) is 9.06. The van der Waals surface area contributed by atoms with Crippen LogP contribution in [0.25, 0.3) is 5.69 Å². The van der Waals surface area contributed by atoms with Crippen LogP contribution >= 0.6 is 0 Å². The van der Waals surface area contributed by atoms with Gasteiger partial charge in [0, 0.05) is 18.2 Å². The Bertz CT molecular complexity index is 1050. The molecule has 1 aromatic heterocycles. The number of carbonyl (C=O) groups excluding carboxylic acids is 3. The highest BCUT2D eigenvalue weighted by atomic mass is 16.5. The highest BCUT2D eigenvalue weighted by Gasteiger charge is 2.21. The fraction of sp³-hybridized carbons (Fsp3) is 0.182. The molecule has 0 radical (unpaired) electrons. The van der Waals surface area contributed by atoms with Gasteiger partial charge in [-0.05, 0) is 50.2 Å². The number of rotatable bonds is 6. The number of esters is 1. The number of nitrogens with one attached hydrogen (secondary N) is 1. The van der Waals surface area contributed by atoms with Crippen molar-refractivity contribution in [1.82, 2.24) is 9.78 Å². The van der Waals surface area contributed by atoms with E-state index in [-0.39, 0.29) is 18.3 Å². The molecule has 1 amide bonds. The van der Waals surface area contributed by atoms with Gasteiger partial charge in [0.1, 0.15) is 5.56 Å². The Morgan fingerprint density at radius 2 is 1.66 bits per heavy atom. The highest BCUT2D eigenvalue weighted by molar-refractivity contribution is 6.00. The monoisotopic (exact) mass is 391 g/mol. The van der Waals surface area contributed by atoms with Crippen molar-refractivity contribution in [2.24, 2.45) is 0 Å². The number of Topliss-reactive ketones (excluding diaryl/α,β-unsaturated/α-hetero) is 1. The molecule has 7 nitrogen and oxygen atoms in total. The molecule has 29 heavy (non-hydrogen) atoms. The van der Waals surface area contributed by atoms with E-state index in [0.29, 0.717) is 28.2 Å². The van der Waals surface area contributed by atoms with Gasteiger partial charge in [0.25, 0.3) is 0 Å². The minimum atomic E-state index is -0.592. The van der Waals surface area contributed by atoms with E-state index in [1.165, 1.54) is 6.92 Å². The Labute approximate surface area is 168 Å². The van der Waals surface area contributed by atoms with Crippen molar-refractivity contribution in [1.29, 1.82) is 0 Å². The van der Waals surface area contributed by atoms with Crippen molar-refractivity contribution in [3.05, 3.63) is 77.1 Å². The molecule has 0 saturated heterocycles. The average molecular weight is 391 g/mol. The third-order valence-electron chi connectivity index (χ3n) is 4.36. The average Bonchev–Trinajstić information content (AvgIpc) is 3.01. The number of carbonyl (C=O) groups is 3. The Morgan fingerprint density at radius 3 is 2.28 bits per heavy atom. The van der Waals surface area contributed by atoms with Crippen LogP contribution in [0.5, 0.6) is 0 Å². The molecule has 3 rings (SSSR count). The van der Waals surface area contributed by atoms with Crippen molar-refractivity contribution in [3.8, 4) is 5.69 Å². The zero-order valence-corrected chi connectivity index (χ0v) is 16.4. The summed E-state index contributed by atoms with van der Waals surface area (Å²) in [5.74, 6) is -1.12. The number of nitrogens with zero attached hydrogens (tertiary/aromatic N) is 2. The van der Waals surface area contributed by atoms with Crippen LogP contribution in [0.2, 0.25) is 0 Å². The molecule has 0 bridgehead atoms. The molecule has 0 atom stereocenters. The van der Waals surface area contributed by atoms with E-state index < -0.39 is 5.97 Å². The maximum absolute atomic E-state index is 12.6. The number of hydrogen-bond acceptors (Lipinski definition) is 5. The largest absolute Gasteiger partial charge is 0.454 e. The molecule has 0 saturated carbocycles. The van der Waals surface area contributed by atoms with Crippen LogP contribution in [-0.4, -0.2) is 34.0 Å². The highest BCUT2D eigenvalue weighted by Crippen LogP contribution is 2.19. The fourth-order valence-corrected chi connectivity index (χ4v) is 2.99. The summed E-state index contributed by atoms with van der Waals surface area (Å²) in [4.78, 5) is 35.9. The van der Waals surface area contributed by atoms with Crippen LogP contribution in [0, 0.1) is 13.8 Å². The number of aromatic nitrogens is 2. The summed E-state index contributed by atoms with van der Waals surface area (Å²) < 4.78 is 6.91. The molecule has 0 aliphatic carbocycles. The van der Waals surface area contributed by atoms with Gasteiger partial charge in [-0.1, -0.05) is 18.2 Å². The zero-order chi connectivity index (χ0) is 21.0. The summed E-state index contributed by atoms with van der Waals surface area (Å²) in [5, 5.41) is 7.04. The third kappa shape index (κ3) is 4.57. The normalized spacial score (nSPS) is 10.4. The van der Waals surface area contributed by atoms with Gasteiger partial charge in [0.05, 0.1) is 17.1 Å². The van der Waals surface area contributed by atoms with Gasteiger partial charge in [0.15, 0.2) is 12.4 Å². The van der Waals surface area contributed by atoms with Crippen molar-refractivity contribution in [3.63, 3.8) is 0 Å². The van der Waals surface area contributed by atoms with E-state index in [2.05, 4.69) is 10.4 Å². The van der Waals surface area contributed by atoms with Gasteiger partial charge in [-0.3, -0.25) is 9.59 Å². The first-order valence-electron chi connectivity index (χ1n) is 9.06. The molecule has 0 unspecified atom stereocenters. The number of amides is 1. The van der Waals surface area contributed by atoms with E-state index >= 15 is 0 Å². The van der Waals surface area contributed by atoms with E-state index in [9.17, 15) is 14.4 Å². The van der Waals surface area contributed by atoms with Gasteiger partial charge in [0.2, 0.25) is 5.91 Å². The number of ketones is 1. The molecule has 1 heterocycles. The van der Waals surface area contributed by atoms with Crippen LogP contribution in [0.4, 0.5) is 5.69 Å². The summed E-state index contributed by atoms with van der Waals surface area (Å²) in [6.45, 7) is 4.54. The first-order chi connectivity index (χ1) is 13.9. The molecule has 0 aliphatic heterocycles. The van der Waals surface area contributed by atoms with E-state index in [1.807, 2.05) is 30.3 Å². The number of para-hydroxylation sites is 1. The topological polar surface area (TPSA) is 90.3 Å².